The number of pyridine rings is 1. The Morgan fingerprint density at radius 2 is 1.89 bits per heavy atom. The van der Waals surface area contributed by atoms with Gasteiger partial charge < -0.3 is 14.5 Å². The number of amides is 2. The lowest BCUT2D eigenvalue weighted by molar-refractivity contribution is -0.202. The van der Waals surface area contributed by atoms with Crippen molar-refractivity contribution in [1.82, 2.24) is 35.6 Å². The van der Waals surface area contributed by atoms with Gasteiger partial charge in [0.05, 0.1) is 11.6 Å². The predicted molar refractivity (Wildman–Crippen MR) is 149 cm³/mol. The van der Waals surface area contributed by atoms with Crippen molar-refractivity contribution in [2.75, 3.05) is 44.2 Å². The van der Waals surface area contributed by atoms with E-state index in [1.165, 1.54) is 18.5 Å². The number of carbonyl (C=O) groups is 2. The molecule has 3 aromatic rings. The van der Waals surface area contributed by atoms with Crippen LogP contribution < -0.4 is 20.5 Å². The molecule has 44 heavy (non-hydrogen) atoms. The van der Waals surface area contributed by atoms with E-state index in [4.69, 9.17) is 10.00 Å². The number of hydrogen-bond acceptors (Lipinski definition) is 10. The average molecular weight is 608 g/mol. The number of ether oxygens (including phenoxy) is 1. The molecular weight excluding hydrogens is 579 g/mol. The maximum Gasteiger partial charge on any atom is 0.402 e. The minimum Gasteiger partial charge on any atom is -0.476 e. The Labute approximate surface area is 250 Å². The number of halogens is 3. The Bertz CT molecular complexity index is 1570. The summed E-state index contributed by atoms with van der Waals surface area (Å²) in [6.45, 7) is 1.95. The Hall–Kier alpha value is -4.81. The van der Waals surface area contributed by atoms with Gasteiger partial charge in [0.15, 0.2) is 5.92 Å². The molecule has 0 bridgehead atoms. The first-order chi connectivity index (χ1) is 21.2. The largest absolute Gasteiger partial charge is 0.476 e. The maximum atomic E-state index is 14.0. The van der Waals surface area contributed by atoms with Crippen LogP contribution in [-0.2, 0) is 11.3 Å². The van der Waals surface area contributed by atoms with Crippen LogP contribution in [0.2, 0.25) is 0 Å². The van der Waals surface area contributed by atoms with Crippen molar-refractivity contribution in [2.24, 2.45) is 5.92 Å². The van der Waals surface area contributed by atoms with Gasteiger partial charge in [0.2, 0.25) is 17.6 Å². The standard InChI is InChI=1S/C29H28F3N9O3/c30-29(31,32)25-21(15-36-38-27(25)42)41-16-19-3-1-2-4-20(19)22(41)17-44-24-7-8-34-26(37-24)28(43)40-11-9-39(10-12-40)23-6-5-18(13-33)14-35-23/h1-8,14,21-22,25,36H,9-12,15-17H2,(H,38,42). The van der Waals surface area contributed by atoms with E-state index in [2.05, 4.69) is 25.8 Å². The molecule has 2 N–H and O–H groups in total. The Balaban J connectivity index is 1.13. The van der Waals surface area contributed by atoms with Crippen LogP contribution in [-0.4, -0.2) is 88.1 Å². The predicted octanol–water partition coefficient (Wildman–Crippen LogP) is 1.82. The molecule has 2 fully saturated rings. The molecule has 228 valence electrons. The zero-order chi connectivity index (χ0) is 30.8. The molecule has 2 amide bonds. The first kappa shape index (κ1) is 29.3. The van der Waals surface area contributed by atoms with E-state index in [9.17, 15) is 22.8 Å². The molecule has 15 heteroatoms. The number of hydrazine groups is 1. The second-order valence-corrected chi connectivity index (χ2v) is 10.7. The molecule has 0 spiro atoms. The topological polar surface area (TPSA) is 140 Å². The van der Waals surface area contributed by atoms with Gasteiger partial charge in [-0.05, 0) is 23.3 Å². The van der Waals surface area contributed by atoms with Crippen LogP contribution in [0.1, 0.15) is 33.4 Å². The van der Waals surface area contributed by atoms with Gasteiger partial charge in [-0.1, -0.05) is 24.3 Å². The first-order valence-corrected chi connectivity index (χ1v) is 14.0. The number of nitriles is 1. The number of aromatic nitrogens is 3. The fraction of sp³-hybridized carbons (Fsp3) is 0.379. The van der Waals surface area contributed by atoms with Gasteiger partial charge in [-0.15, -0.1) is 0 Å². The summed E-state index contributed by atoms with van der Waals surface area (Å²) in [5, 5.41) is 8.98. The molecule has 2 aromatic heterocycles. The maximum absolute atomic E-state index is 14.0. The van der Waals surface area contributed by atoms with Crippen molar-refractivity contribution in [2.45, 2.75) is 24.8 Å². The number of hydrogen-bond donors (Lipinski definition) is 2. The van der Waals surface area contributed by atoms with Crippen LogP contribution >= 0.6 is 0 Å². The number of nitrogens with one attached hydrogen (secondary N) is 2. The molecular formula is C29H28F3N9O3. The Morgan fingerprint density at radius 1 is 1.09 bits per heavy atom. The van der Waals surface area contributed by atoms with E-state index in [1.807, 2.05) is 29.2 Å². The van der Waals surface area contributed by atoms with Crippen molar-refractivity contribution in [1.29, 1.82) is 5.26 Å². The van der Waals surface area contributed by atoms with Gasteiger partial charge in [0.1, 0.15) is 18.5 Å². The van der Waals surface area contributed by atoms with Crippen LogP contribution in [0.4, 0.5) is 19.0 Å². The van der Waals surface area contributed by atoms with E-state index in [-0.39, 0.29) is 37.3 Å². The molecule has 0 aliphatic carbocycles. The highest BCUT2D eigenvalue weighted by Gasteiger charge is 2.55. The average Bonchev–Trinajstić information content (AvgIpc) is 3.41. The van der Waals surface area contributed by atoms with Crippen LogP contribution in [0.5, 0.6) is 5.88 Å². The highest BCUT2D eigenvalue weighted by atomic mass is 19.4. The smallest absolute Gasteiger partial charge is 0.402 e. The van der Waals surface area contributed by atoms with Crippen molar-refractivity contribution < 1.29 is 27.5 Å². The number of benzene rings is 1. The van der Waals surface area contributed by atoms with Crippen molar-refractivity contribution in [3.63, 3.8) is 0 Å². The molecule has 3 atom stereocenters. The summed E-state index contributed by atoms with van der Waals surface area (Å²) in [5.41, 5.74) is 6.82. The minimum atomic E-state index is -4.73. The van der Waals surface area contributed by atoms with Gasteiger partial charge in [-0.2, -0.15) is 23.4 Å². The summed E-state index contributed by atoms with van der Waals surface area (Å²) in [6, 6.07) is 12.5. The van der Waals surface area contributed by atoms with Gasteiger partial charge in [0.25, 0.3) is 5.91 Å². The fourth-order valence-corrected chi connectivity index (χ4v) is 5.92. The lowest BCUT2D eigenvalue weighted by Crippen LogP contribution is -2.64. The van der Waals surface area contributed by atoms with Gasteiger partial charge in [0, 0.05) is 63.8 Å². The zero-order valence-electron chi connectivity index (χ0n) is 23.4. The van der Waals surface area contributed by atoms with E-state index in [0.29, 0.717) is 31.7 Å². The third-order valence-electron chi connectivity index (χ3n) is 8.11. The van der Waals surface area contributed by atoms with E-state index >= 15 is 0 Å². The van der Waals surface area contributed by atoms with E-state index in [0.717, 1.165) is 16.9 Å². The number of rotatable bonds is 6. The Morgan fingerprint density at radius 3 is 2.61 bits per heavy atom. The second kappa shape index (κ2) is 12.1. The molecule has 1 aromatic carbocycles. The molecule has 0 saturated carbocycles. The number of nitrogens with zero attached hydrogens (tertiary/aromatic N) is 7. The summed E-state index contributed by atoms with van der Waals surface area (Å²) in [7, 11) is 0. The molecule has 5 heterocycles. The van der Waals surface area contributed by atoms with E-state index in [1.54, 1.807) is 28.0 Å². The second-order valence-electron chi connectivity index (χ2n) is 10.7. The number of carbonyl (C=O) groups excluding carboxylic acids is 2. The van der Waals surface area contributed by atoms with E-state index < -0.39 is 30.1 Å². The monoisotopic (exact) mass is 607 g/mol. The quantitative estimate of drug-likeness (QED) is 0.427. The van der Waals surface area contributed by atoms with Gasteiger partial charge in [-0.3, -0.25) is 19.9 Å². The van der Waals surface area contributed by atoms with Gasteiger partial charge in [-0.25, -0.2) is 15.4 Å². The zero-order valence-corrected chi connectivity index (χ0v) is 23.4. The lowest BCUT2D eigenvalue weighted by atomic mass is 9.94. The molecule has 2 saturated heterocycles. The summed E-state index contributed by atoms with van der Waals surface area (Å²) in [6.07, 6.45) is -1.82. The summed E-state index contributed by atoms with van der Waals surface area (Å²) < 4.78 is 48.0. The highest BCUT2D eigenvalue weighted by molar-refractivity contribution is 5.90. The third-order valence-corrected chi connectivity index (χ3v) is 8.11. The third kappa shape index (κ3) is 5.86. The number of fused-ring (bicyclic) bond motifs is 1. The van der Waals surface area contributed by atoms with Gasteiger partial charge >= 0.3 is 6.18 Å². The normalized spacial score (nSPS) is 22.2. The number of piperazine rings is 1. The Kier molecular flexibility index (Phi) is 8.02. The molecule has 3 unspecified atom stereocenters. The van der Waals surface area contributed by atoms with Crippen LogP contribution in [0, 0.1) is 17.2 Å². The summed E-state index contributed by atoms with van der Waals surface area (Å²) in [4.78, 5) is 43.6. The first-order valence-electron chi connectivity index (χ1n) is 14.0. The fourth-order valence-electron chi connectivity index (χ4n) is 5.92. The molecule has 3 aliphatic heterocycles. The number of alkyl halides is 3. The molecule has 3 aliphatic rings. The molecule has 12 nitrogen and oxygen atoms in total. The minimum absolute atomic E-state index is 0.0542. The molecule has 6 rings (SSSR count). The van der Waals surface area contributed by atoms with Crippen LogP contribution in [0.25, 0.3) is 0 Å². The van der Waals surface area contributed by atoms with Crippen LogP contribution in [0.3, 0.4) is 0 Å². The van der Waals surface area contributed by atoms with Crippen LogP contribution in [0.15, 0.2) is 54.9 Å². The van der Waals surface area contributed by atoms with Crippen molar-refractivity contribution in [3.05, 3.63) is 77.4 Å². The van der Waals surface area contributed by atoms with Crippen molar-refractivity contribution >= 4 is 17.6 Å². The highest BCUT2D eigenvalue weighted by Crippen LogP contribution is 2.41. The summed E-state index contributed by atoms with van der Waals surface area (Å²) >= 11 is 0. The summed E-state index contributed by atoms with van der Waals surface area (Å²) in [5.74, 6) is -2.93. The lowest BCUT2D eigenvalue weighted by Gasteiger charge is -2.40. The number of anilines is 1. The SMILES string of the molecule is N#Cc1ccc(N2CCN(C(=O)c3nccc(OCC4c5ccccc5CN4C4CNNC(=O)C4C(F)(F)F)n3)CC2)nc1. The van der Waals surface area contributed by atoms with Crippen molar-refractivity contribution in [3.8, 4) is 11.9 Å². The molecule has 0 radical (unpaired) electrons.